The van der Waals surface area contributed by atoms with Crippen molar-refractivity contribution in [2.75, 3.05) is 0 Å². The Balaban J connectivity index is 2.23. The lowest BCUT2D eigenvalue weighted by Crippen LogP contribution is -1.92. The Hall–Kier alpha value is -1.11. The molecule has 1 aliphatic carbocycles. The first-order valence-electron chi connectivity index (χ1n) is 4.45. The molecule has 1 aromatic rings. The highest BCUT2D eigenvalue weighted by molar-refractivity contribution is 5.24. The molecule has 0 fully saturated rings. The van der Waals surface area contributed by atoms with E-state index in [2.05, 4.69) is 29.3 Å². The monoisotopic (exact) mass is 159 g/mol. The summed E-state index contributed by atoms with van der Waals surface area (Å²) in [4.78, 5) is 4.29. The fourth-order valence-corrected chi connectivity index (χ4v) is 1.61. The molecule has 0 aromatic carbocycles. The lowest BCUT2D eigenvalue weighted by atomic mass is 10.0. The molecule has 0 aliphatic heterocycles. The average molecular weight is 159 g/mol. The van der Waals surface area contributed by atoms with Crippen LogP contribution in [-0.2, 0) is 0 Å². The summed E-state index contributed by atoms with van der Waals surface area (Å²) in [6.07, 6.45) is 9.01. The molecular formula is C11H13N. The summed E-state index contributed by atoms with van der Waals surface area (Å²) in [6, 6.07) is 4.27. The SMILES string of the molecule is Cc1ccc(C2C=CCC2)cn1. The van der Waals surface area contributed by atoms with Gasteiger partial charge in [-0.05, 0) is 31.4 Å². The van der Waals surface area contributed by atoms with Gasteiger partial charge in [0.15, 0.2) is 0 Å². The largest absolute Gasteiger partial charge is 0.261 e. The molecule has 0 bridgehead atoms. The van der Waals surface area contributed by atoms with Crippen LogP contribution in [0, 0.1) is 6.92 Å². The van der Waals surface area contributed by atoms with E-state index in [0.29, 0.717) is 5.92 Å². The first-order chi connectivity index (χ1) is 5.86. The van der Waals surface area contributed by atoms with Crippen molar-refractivity contribution in [3.05, 3.63) is 41.7 Å². The fraction of sp³-hybridized carbons (Fsp3) is 0.364. The van der Waals surface area contributed by atoms with Crippen LogP contribution < -0.4 is 0 Å². The molecule has 0 saturated carbocycles. The summed E-state index contributed by atoms with van der Waals surface area (Å²) in [6.45, 7) is 2.02. The third kappa shape index (κ3) is 1.40. The van der Waals surface area contributed by atoms with Crippen LogP contribution in [-0.4, -0.2) is 4.98 Å². The molecule has 0 spiro atoms. The van der Waals surface area contributed by atoms with Gasteiger partial charge in [0, 0.05) is 17.8 Å². The van der Waals surface area contributed by atoms with E-state index < -0.39 is 0 Å². The Bertz CT molecular complexity index is 284. The van der Waals surface area contributed by atoms with Crippen molar-refractivity contribution < 1.29 is 0 Å². The zero-order chi connectivity index (χ0) is 8.39. The highest BCUT2D eigenvalue weighted by Gasteiger charge is 2.10. The normalized spacial score (nSPS) is 21.6. The van der Waals surface area contributed by atoms with Crippen LogP contribution in [0.3, 0.4) is 0 Å². The minimum atomic E-state index is 0.623. The van der Waals surface area contributed by atoms with Gasteiger partial charge in [-0.2, -0.15) is 0 Å². The van der Waals surface area contributed by atoms with Crippen LogP contribution in [0.5, 0.6) is 0 Å². The van der Waals surface area contributed by atoms with E-state index in [1.165, 1.54) is 18.4 Å². The number of hydrogen-bond donors (Lipinski definition) is 0. The number of nitrogens with zero attached hydrogens (tertiary/aromatic N) is 1. The summed E-state index contributed by atoms with van der Waals surface area (Å²) >= 11 is 0. The van der Waals surface area contributed by atoms with Gasteiger partial charge in [0.05, 0.1) is 0 Å². The Labute approximate surface area is 73.1 Å². The second kappa shape index (κ2) is 3.10. The third-order valence-electron chi connectivity index (χ3n) is 2.38. The maximum Gasteiger partial charge on any atom is 0.0372 e. The van der Waals surface area contributed by atoms with Crippen LogP contribution in [0.2, 0.25) is 0 Å². The molecule has 1 heteroatoms. The molecule has 1 aromatic heterocycles. The van der Waals surface area contributed by atoms with Gasteiger partial charge < -0.3 is 0 Å². The Morgan fingerprint density at radius 1 is 1.42 bits per heavy atom. The van der Waals surface area contributed by atoms with Gasteiger partial charge in [0.2, 0.25) is 0 Å². The van der Waals surface area contributed by atoms with Gasteiger partial charge in [-0.15, -0.1) is 0 Å². The molecule has 0 N–H and O–H groups in total. The van der Waals surface area contributed by atoms with E-state index in [0.717, 1.165) is 5.69 Å². The number of allylic oxidation sites excluding steroid dienone is 2. The number of pyridine rings is 1. The van der Waals surface area contributed by atoms with Gasteiger partial charge in [-0.25, -0.2) is 0 Å². The minimum Gasteiger partial charge on any atom is -0.261 e. The van der Waals surface area contributed by atoms with Gasteiger partial charge in [-0.1, -0.05) is 18.2 Å². The van der Waals surface area contributed by atoms with Crippen molar-refractivity contribution in [2.24, 2.45) is 0 Å². The molecule has 1 heterocycles. The molecule has 2 rings (SSSR count). The molecule has 1 unspecified atom stereocenters. The average Bonchev–Trinajstić information content (AvgIpc) is 2.58. The third-order valence-corrected chi connectivity index (χ3v) is 2.38. The molecule has 0 saturated heterocycles. The maximum atomic E-state index is 4.29. The topological polar surface area (TPSA) is 12.9 Å². The van der Waals surface area contributed by atoms with Gasteiger partial charge >= 0.3 is 0 Å². The molecule has 1 atom stereocenters. The van der Waals surface area contributed by atoms with E-state index in [4.69, 9.17) is 0 Å². The Kier molecular flexibility index (Phi) is 1.94. The second-order valence-electron chi connectivity index (χ2n) is 3.34. The van der Waals surface area contributed by atoms with Crippen molar-refractivity contribution in [3.8, 4) is 0 Å². The van der Waals surface area contributed by atoms with Crippen molar-refractivity contribution in [2.45, 2.75) is 25.7 Å². The molecule has 0 amide bonds. The number of hydrogen-bond acceptors (Lipinski definition) is 1. The summed E-state index contributed by atoms with van der Waals surface area (Å²) < 4.78 is 0. The number of rotatable bonds is 1. The van der Waals surface area contributed by atoms with Gasteiger partial charge in [0.25, 0.3) is 0 Å². The standard InChI is InChI=1S/C11H13N/c1-9-6-7-11(8-12-9)10-4-2-3-5-10/h2,4,6-8,10H,3,5H2,1H3. The number of aromatic nitrogens is 1. The lowest BCUT2D eigenvalue weighted by Gasteiger charge is -2.06. The van der Waals surface area contributed by atoms with Crippen molar-refractivity contribution in [1.29, 1.82) is 0 Å². The number of aryl methyl sites for hydroxylation is 1. The van der Waals surface area contributed by atoms with Gasteiger partial charge in [-0.3, -0.25) is 4.98 Å². The summed E-state index contributed by atoms with van der Waals surface area (Å²) in [5, 5.41) is 0. The smallest absolute Gasteiger partial charge is 0.0372 e. The molecule has 1 aliphatic rings. The van der Waals surface area contributed by atoms with E-state index in [1.54, 1.807) is 0 Å². The van der Waals surface area contributed by atoms with Gasteiger partial charge in [0.1, 0.15) is 0 Å². The summed E-state index contributed by atoms with van der Waals surface area (Å²) in [5.74, 6) is 0.623. The zero-order valence-electron chi connectivity index (χ0n) is 7.33. The molecule has 0 radical (unpaired) electrons. The maximum absolute atomic E-state index is 4.29. The molecule has 1 nitrogen and oxygen atoms in total. The van der Waals surface area contributed by atoms with Crippen LogP contribution in [0.4, 0.5) is 0 Å². The second-order valence-corrected chi connectivity index (χ2v) is 3.34. The van der Waals surface area contributed by atoms with Crippen LogP contribution in [0.25, 0.3) is 0 Å². The minimum absolute atomic E-state index is 0.623. The lowest BCUT2D eigenvalue weighted by molar-refractivity contribution is 0.795. The van der Waals surface area contributed by atoms with E-state index in [-0.39, 0.29) is 0 Å². The van der Waals surface area contributed by atoms with Crippen molar-refractivity contribution in [1.82, 2.24) is 4.98 Å². The van der Waals surface area contributed by atoms with Crippen LogP contribution in [0.15, 0.2) is 30.5 Å². The molecule has 12 heavy (non-hydrogen) atoms. The Morgan fingerprint density at radius 2 is 2.33 bits per heavy atom. The van der Waals surface area contributed by atoms with E-state index in [1.807, 2.05) is 13.1 Å². The van der Waals surface area contributed by atoms with Crippen LogP contribution in [0.1, 0.15) is 30.0 Å². The van der Waals surface area contributed by atoms with Crippen molar-refractivity contribution >= 4 is 0 Å². The molecular weight excluding hydrogens is 146 g/mol. The highest BCUT2D eigenvalue weighted by atomic mass is 14.7. The van der Waals surface area contributed by atoms with Crippen LogP contribution >= 0.6 is 0 Å². The predicted molar refractivity (Wildman–Crippen MR) is 50.1 cm³/mol. The summed E-state index contributed by atoms with van der Waals surface area (Å²) in [7, 11) is 0. The first-order valence-corrected chi connectivity index (χ1v) is 4.45. The highest BCUT2D eigenvalue weighted by Crippen LogP contribution is 2.27. The molecule has 62 valence electrons. The van der Waals surface area contributed by atoms with E-state index >= 15 is 0 Å². The van der Waals surface area contributed by atoms with E-state index in [9.17, 15) is 0 Å². The zero-order valence-corrected chi connectivity index (χ0v) is 7.33. The first kappa shape index (κ1) is 7.53. The predicted octanol–water partition coefficient (Wildman–Crippen LogP) is 2.82. The Morgan fingerprint density at radius 3 is 2.92 bits per heavy atom. The summed E-state index contributed by atoms with van der Waals surface area (Å²) in [5.41, 5.74) is 2.45. The van der Waals surface area contributed by atoms with Crippen molar-refractivity contribution in [3.63, 3.8) is 0 Å². The quantitative estimate of drug-likeness (QED) is 0.574. The fourth-order valence-electron chi connectivity index (χ4n) is 1.61.